The third-order valence-corrected chi connectivity index (χ3v) is 3.93. The maximum absolute atomic E-state index is 14.1. The Kier molecular flexibility index (Phi) is 4.28. The number of nitrogens with zero attached hydrogens (tertiary/aromatic N) is 1. The van der Waals surface area contributed by atoms with Crippen LogP contribution in [0.5, 0.6) is 0 Å². The van der Waals surface area contributed by atoms with Crippen LogP contribution in [0.2, 0.25) is 0 Å². The number of allylic oxidation sites excluding steroid dienone is 1. The van der Waals surface area contributed by atoms with Gasteiger partial charge in [-0.3, -0.25) is 9.69 Å². The third kappa shape index (κ3) is 3.67. The Morgan fingerprint density at radius 3 is 2.74 bits per heavy atom. The Balaban J connectivity index is 1.92. The van der Waals surface area contributed by atoms with Crippen molar-refractivity contribution in [3.63, 3.8) is 0 Å². The Bertz CT molecular complexity index is 733. The lowest BCUT2D eigenvalue weighted by molar-refractivity contribution is -0.114. The van der Waals surface area contributed by atoms with Crippen LogP contribution in [0.3, 0.4) is 0 Å². The maximum Gasteiger partial charge on any atom is 0.251 e. The first kappa shape index (κ1) is 15.5. The summed E-state index contributed by atoms with van der Waals surface area (Å²) >= 11 is 0. The van der Waals surface area contributed by atoms with Crippen LogP contribution in [-0.2, 0) is 11.3 Å². The van der Waals surface area contributed by atoms with Crippen LogP contribution in [0.1, 0.15) is 25.5 Å². The van der Waals surface area contributed by atoms with E-state index < -0.39 is 11.6 Å². The summed E-state index contributed by atoms with van der Waals surface area (Å²) in [6, 6.07) is 6.59. The molecular weight excluding hydrogens is 300 g/mol. The van der Waals surface area contributed by atoms with E-state index >= 15 is 0 Å². The number of carbonyl (C=O) groups excluding carboxylic acids is 1. The average molecular weight is 317 g/mol. The predicted molar refractivity (Wildman–Crippen MR) is 82.7 cm³/mol. The summed E-state index contributed by atoms with van der Waals surface area (Å²) in [5.41, 5.74) is 1.02. The molecule has 0 unspecified atom stereocenters. The molecule has 1 fully saturated rings. The van der Waals surface area contributed by atoms with Crippen molar-refractivity contribution in [1.82, 2.24) is 0 Å². The third-order valence-electron chi connectivity index (χ3n) is 3.93. The van der Waals surface area contributed by atoms with Gasteiger partial charge in [-0.1, -0.05) is 5.57 Å². The van der Waals surface area contributed by atoms with Crippen molar-refractivity contribution in [3.8, 4) is 0 Å². The molecule has 0 radical (unpaired) electrons. The van der Waals surface area contributed by atoms with Gasteiger partial charge in [-0.2, -0.15) is 0 Å². The molecule has 3 rings (SSSR count). The van der Waals surface area contributed by atoms with Gasteiger partial charge in [0.15, 0.2) is 0 Å². The number of anilines is 1. The summed E-state index contributed by atoms with van der Waals surface area (Å²) in [5.74, 6) is -0.818. The largest absolute Gasteiger partial charge is 0.467 e. The molecule has 1 aliphatic rings. The molecule has 1 aromatic heterocycles. The fourth-order valence-corrected chi connectivity index (χ4v) is 2.47. The van der Waals surface area contributed by atoms with E-state index in [2.05, 4.69) is 0 Å². The number of hydrogen-bond acceptors (Lipinski definition) is 2. The van der Waals surface area contributed by atoms with Crippen LogP contribution in [0.25, 0.3) is 0 Å². The Hall–Kier alpha value is -2.43. The smallest absolute Gasteiger partial charge is 0.251 e. The molecular formula is C18H17F2NO2. The molecule has 5 heteroatoms. The van der Waals surface area contributed by atoms with Crippen molar-refractivity contribution in [3.05, 3.63) is 65.6 Å². The lowest BCUT2D eigenvalue weighted by Crippen LogP contribution is -2.29. The Labute approximate surface area is 133 Å². The predicted octanol–water partition coefficient (Wildman–Crippen LogP) is 4.45. The van der Waals surface area contributed by atoms with Gasteiger partial charge in [-0.05, 0) is 49.9 Å². The fraction of sp³-hybridized carbons (Fsp3) is 0.278. The lowest BCUT2D eigenvalue weighted by Gasteiger charge is -2.21. The van der Waals surface area contributed by atoms with E-state index in [0.717, 1.165) is 30.5 Å². The van der Waals surface area contributed by atoms with Gasteiger partial charge in [-0.15, -0.1) is 0 Å². The van der Waals surface area contributed by atoms with E-state index in [1.807, 2.05) is 6.92 Å². The molecule has 0 atom stereocenters. The fourth-order valence-electron chi connectivity index (χ4n) is 2.47. The second kappa shape index (κ2) is 6.36. The number of halogens is 2. The van der Waals surface area contributed by atoms with E-state index in [4.69, 9.17) is 4.42 Å². The van der Waals surface area contributed by atoms with Crippen LogP contribution >= 0.6 is 0 Å². The van der Waals surface area contributed by atoms with Crippen molar-refractivity contribution in [2.45, 2.75) is 26.3 Å². The van der Waals surface area contributed by atoms with Gasteiger partial charge in [0.1, 0.15) is 17.4 Å². The molecule has 1 heterocycles. The normalized spacial score (nSPS) is 14.8. The SMILES string of the molecule is CC(=CC(=O)N(Cc1ccco1)c1ccc(F)cc1F)C1CC1. The molecule has 1 saturated carbocycles. The zero-order valence-electron chi connectivity index (χ0n) is 12.8. The average Bonchev–Trinajstić information content (AvgIpc) is 3.23. The van der Waals surface area contributed by atoms with Crippen molar-refractivity contribution < 1.29 is 18.0 Å². The maximum atomic E-state index is 14.1. The topological polar surface area (TPSA) is 33.5 Å². The number of amides is 1. The van der Waals surface area contributed by atoms with E-state index in [1.54, 1.807) is 12.1 Å². The summed E-state index contributed by atoms with van der Waals surface area (Å²) < 4.78 is 32.5. The number of hydrogen-bond donors (Lipinski definition) is 0. The van der Waals surface area contributed by atoms with Gasteiger partial charge in [0.05, 0.1) is 18.5 Å². The number of rotatable bonds is 5. The summed E-state index contributed by atoms with van der Waals surface area (Å²) in [7, 11) is 0. The van der Waals surface area contributed by atoms with Crippen LogP contribution in [0.15, 0.2) is 52.7 Å². The minimum atomic E-state index is -0.776. The molecule has 23 heavy (non-hydrogen) atoms. The molecule has 1 amide bonds. The number of furan rings is 1. The second-order valence-electron chi connectivity index (χ2n) is 5.76. The van der Waals surface area contributed by atoms with Gasteiger partial charge in [-0.25, -0.2) is 8.78 Å². The highest BCUT2D eigenvalue weighted by atomic mass is 19.1. The molecule has 0 N–H and O–H groups in total. The van der Waals surface area contributed by atoms with E-state index in [1.165, 1.54) is 23.3 Å². The van der Waals surface area contributed by atoms with Crippen LogP contribution in [0.4, 0.5) is 14.5 Å². The summed E-state index contributed by atoms with van der Waals surface area (Å²) in [6.45, 7) is 1.99. The van der Waals surface area contributed by atoms with E-state index in [9.17, 15) is 13.6 Å². The zero-order valence-corrected chi connectivity index (χ0v) is 12.8. The van der Waals surface area contributed by atoms with E-state index in [0.29, 0.717) is 11.7 Å². The van der Waals surface area contributed by atoms with Gasteiger partial charge in [0.25, 0.3) is 5.91 Å². The first-order chi connectivity index (χ1) is 11.0. The summed E-state index contributed by atoms with van der Waals surface area (Å²) in [5, 5.41) is 0. The molecule has 2 aromatic rings. The highest BCUT2D eigenvalue weighted by molar-refractivity contribution is 6.01. The molecule has 0 saturated heterocycles. The van der Waals surface area contributed by atoms with Crippen molar-refractivity contribution >= 4 is 11.6 Å². The molecule has 1 aromatic carbocycles. The first-order valence-electron chi connectivity index (χ1n) is 7.51. The standard InChI is InChI=1S/C18H17F2NO2/c1-12(13-4-5-13)9-18(22)21(11-15-3-2-8-23-15)17-7-6-14(19)10-16(17)20/h2-3,6-10,13H,4-5,11H2,1H3. The Morgan fingerprint density at radius 1 is 1.35 bits per heavy atom. The lowest BCUT2D eigenvalue weighted by atomic mass is 10.1. The quantitative estimate of drug-likeness (QED) is 0.764. The van der Waals surface area contributed by atoms with Crippen LogP contribution in [0, 0.1) is 17.6 Å². The number of carbonyl (C=O) groups is 1. The molecule has 0 spiro atoms. The van der Waals surface area contributed by atoms with Crippen molar-refractivity contribution in [2.24, 2.45) is 5.92 Å². The highest BCUT2D eigenvalue weighted by Crippen LogP contribution is 2.36. The van der Waals surface area contributed by atoms with Gasteiger partial charge >= 0.3 is 0 Å². The van der Waals surface area contributed by atoms with Crippen molar-refractivity contribution in [1.29, 1.82) is 0 Å². The van der Waals surface area contributed by atoms with Gasteiger partial charge in [0, 0.05) is 12.1 Å². The van der Waals surface area contributed by atoms with Crippen LogP contribution < -0.4 is 4.90 Å². The molecule has 0 aliphatic heterocycles. The van der Waals surface area contributed by atoms with Crippen molar-refractivity contribution in [2.75, 3.05) is 4.90 Å². The molecule has 1 aliphatic carbocycles. The molecule has 120 valence electrons. The highest BCUT2D eigenvalue weighted by Gasteiger charge is 2.25. The molecule has 0 bridgehead atoms. The van der Waals surface area contributed by atoms with E-state index in [-0.39, 0.29) is 18.1 Å². The zero-order chi connectivity index (χ0) is 16.4. The summed E-state index contributed by atoms with van der Waals surface area (Å²) in [4.78, 5) is 13.9. The first-order valence-corrected chi connectivity index (χ1v) is 7.51. The molecule has 3 nitrogen and oxygen atoms in total. The second-order valence-corrected chi connectivity index (χ2v) is 5.76. The summed E-state index contributed by atoms with van der Waals surface area (Å²) in [6.07, 6.45) is 5.19. The minimum Gasteiger partial charge on any atom is -0.467 e. The van der Waals surface area contributed by atoms with Gasteiger partial charge < -0.3 is 4.42 Å². The van der Waals surface area contributed by atoms with Crippen LogP contribution in [-0.4, -0.2) is 5.91 Å². The Morgan fingerprint density at radius 2 is 2.13 bits per heavy atom. The minimum absolute atomic E-state index is 0.0349. The monoisotopic (exact) mass is 317 g/mol. The van der Waals surface area contributed by atoms with Gasteiger partial charge in [0.2, 0.25) is 0 Å². The number of benzene rings is 1.